The van der Waals surface area contributed by atoms with Gasteiger partial charge in [-0.3, -0.25) is 4.79 Å². The Labute approximate surface area is 182 Å². The van der Waals surface area contributed by atoms with Gasteiger partial charge < -0.3 is 5.32 Å². The standard InChI is InChI=1S/C19H23F3N4O3S2/c1-12(2)10-16-24-25-18(30-16)23-17(27)13-6-8-26(9-7-13)31(28,29)15-5-3-4-14(11-15)19(20,21)22/h3-5,11-13H,6-10H2,1-2H3,(H,23,25,27). The molecule has 0 atom stereocenters. The average molecular weight is 477 g/mol. The molecule has 0 aliphatic carbocycles. The first-order valence-corrected chi connectivity index (χ1v) is 12.0. The number of benzene rings is 1. The number of halogens is 3. The molecule has 1 fully saturated rings. The zero-order valence-electron chi connectivity index (χ0n) is 17.0. The third-order valence-electron chi connectivity index (χ3n) is 4.90. The van der Waals surface area contributed by atoms with Crippen LogP contribution in [0.25, 0.3) is 0 Å². The number of nitrogens with zero attached hydrogens (tertiary/aromatic N) is 3. The number of rotatable bonds is 6. The number of amides is 1. The van der Waals surface area contributed by atoms with Crippen LogP contribution in [0.2, 0.25) is 0 Å². The Balaban J connectivity index is 1.61. The van der Waals surface area contributed by atoms with Crippen LogP contribution in [0.15, 0.2) is 29.2 Å². The van der Waals surface area contributed by atoms with Crippen molar-refractivity contribution in [2.24, 2.45) is 11.8 Å². The maximum Gasteiger partial charge on any atom is 0.416 e. The third kappa shape index (κ3) is 5.80. The molecule has 12 heteroatoms. The summed E-state index contributed by atoms with van der Waals surface area (Å²) in [5, 5.41) is 12.0. The third-order valence-corrected chi connectivity index (χ3v) is 7.66. The fourth-order valence-corrected chi connectivity index (χ4v) is 5.75. The molecule has 0 bridgehead atoms. The highest BCUT2D eigenvalue weighted by Gasteiger charge is 2.35. The SMILES string of the molecule is CC(C)Cc1nnc(NC(=O)C2CCN(S(=O)(=O)c3cccc(C(F)(F)F)c3)CC2)s1. The van der Waals surface area contributed by atoms with Gasteiger partial charge in [0.1, 0.15) is 5.01 Å². The number of aromatic nitrogens is 2. The number of anilines is 1. The fraction of sp³-hybridized carbons (Fsp3) is 0.526. The molecule has 0 spiro atoms. The van der Waals surface area contributed by atoms with Crippen molar-refractivity contribution in [3.8, 4) is 0 Å². The Morgan fingerprint density at radius 3 is 2.55 bits per heavy atom. The first-order valence-electron chi connectivity index (χ1n) is 9.77. The zero-order chi connectivity index (χ0) is 22.8. The Kier molecular flexibility index (Phi) is 7.01. The Bertz CT molecular complexity index is 1030. The zero-order valence-corrected chi connectivity index (χ0v) is 18.6. The molecule has 2 heterocycles. The summed E-state index contributed by atoms with van der Waals surface area (Å²) >= 11 is 1.31. The van der Waals surface area contributed by atoms with Gasteiger partial charge in [-0.2, -0.15) is 17.5 Å². The van der Waals surface area contributed by atoms with Crippen LogP contribution in [-0.4, -0.2) is 41.9 Å². The maximum atomic E-state index is 12.9. The number of piperidine rings is 1. The Hall–Kier alpha value is -2.05. The molecule has 3 rings (SSSR count). The van der Waals surface area contributed by atoms with Gasteiger partial charge in [-0.25, -0.2) is 8.42 Å². The lowest BCUT2D eigenvalue weighted by molar-refractivity contribution is -0.137. The molecule has 170 valence electrons. The second-order valence-electron chi connectivity index (χ2n) is 7.79. The van der Waals surface area contributed by atoms with E-state index in [2.05, 4.69) is 29.4 Å². The summed E-state index contributed by atoms with van der Waals surface area (Å²) < 4.78 is 65.4. The van der Waals surface area contributed by atoms with Crippen molar-refractivity contribution >= 4 is 32.4 Å². The number of alkyl halides is 3. The maximum absolute atomic E-state index is 12.9. The second kappa shape index (κ2) is 9.21. The minimum atomic E-state index is -4.63. The van der Waals surface area contributed by atoms with Gasteiger partial charge in [0.15, 0.2) is 0 Å². The molecule has 1 aromatic carbocycles. The first kappa shape index (κ1) is 23.6. The molecule has 0 saturated carbocycles. The molecule has 2 aromatic rings. The number of nitrogens with one attached hydrogen (secondary N) is 1. The predicted molar refractivity (Wildman–Crippen MR) is 110 cm³/mol. The second-order valence-corrected chi connectivity index (χ2v) is 10.8. The van der Waals surface area contributed by atoms with E-state index < -0.39 is 32.6 Å². The molecule has 1 aliphatic heterocycles. The monoisotopic (exact) mass is 476 g/mol. The molecule has 1 aliphatic rings. The van der Waals surface area contributed by atoms with Crippen LogP contribution in [0.3, 0.4) is 0 Å². The molecule has 1 amide bonds. The van der Waals surface area contributed by atoms with E-state index >= 15 is 0 Å². The fourth-order valence-electron chi connectivity index (χ4n) is 3.28. The van der Waals surface area contributed by atoms with Crippen molar-refractivity contribution in [2.45, 2.75) is 44.2 Å². The molecule has 1 N–H and O–H groups in total. The number of hydrogen-bond donors (Lipinski definition) is 1. The van der Waals surface area contributed by atoms with E-state index in [1.807, 2.05) is 0 Å². The Morgan fingerprint density at radius 2 is 1.94 bits per heavy atom. The van der Waals surface area contributed by atoms with Crippen LogP contribution in [-0.2, 0) is 27.4 Å². The van der Waals surface area contributed by atoms with Gasteiger partial charge in [-0.1, -0.05) is 31.3 Å². The van der Waals surface area contributed by atoms with Gasteiger partial charge in [-0.15, -0.1) is 10.2 Å². The van der Waals surface area contributed by atoms with Gasteiger partial charge in [0.25, 0.3) is 0 Å². The van der Waals surface area contributed by atoms with Crippen molar-refractivity contribution < 1.29 is 26.4 Å². The highest BCUT2D eigenvalue weighted by Crippen LogP contribution is 2.32. The van der Waals surface area contributed by atoms with Crippen LogP contribution in [0.5, 0.6) is 0 Å². The van der Waals surface area contributed by atoms with Gasteiger partial charge in [0.2, 0.25) is 21.1 Å². The van der Waals surface area contributed by atoms with Crippen molar-refractivity contribution in [3.63, 3.8) is 0 Å². The van der Waals surface area contributed by atoms with E-state index in [1.54, 1.807) is 0 Å². The summed E-state index contributed by atoms with van der Waals surface area (Å²) in [6, 6.07) is 3.69. The number of sulfonamides is 1. The summed E-state index contributed by atoms with van der Waals surface area (Å²) in [5.41, 5.74) is -1.02. The first-order chi connectivity index (χ1) is 14.5. The van der Waals surface area contributed by atoms with Gasteiger partial charge >= 0.3 is 6.18 Å². The average Bonchev–Trinajstić information content (AvgIpc) is 3.13. The van der Waals surface area contributed by atoms with Crippen molar-refractivity contribution in [2.75, 3.05) is 18.4 Å². The molecular weight excluding hydrogens is 453 g/mol. The summed E-state index contributed by atoms with van der Waals surface area (Å²) in [5.74, 6) is -0.256. The highest BCUT2D eigenvalue weighted by molar-refractivity contribution is 7.89. The smallest absolute Gasteiger partial charge is 0.300 e. The molecule has 1 saturated heterocycles. The van der Waals surface area contributed by atoms with E-state index in [0.717, 1.165) is 33.9 Å². The van der Waals surface area contributed by atoms with E-state index in [4.69, 9.17) is 0 Å². The summed E-state index contributed by atoms with van der Waals surface area (Å²) in [6.45, 7) is 4.21. The topological polar surface area (TPSA) is 92.3 Å². The summed E-state index contributed by atoms with van der Waals surface area (Å²) in [6.07, 6.45) is -3.33. The molecule has 31 heavy (non-hydrogen) atoms. The predicted octanol–water partition coefficient (Wildman–Crippen LogP) is 3.79. The lowest BCUT2D eigenvalue weighted by Crippen LogP contribution is -2.41. The largest absolute Gasteiger partial charge is 0.416 e. The number of carbonyl (C=O) groups excluding carboxylic acids is 1. The van der Waals surface area contributed by atoms with E-state index in [1.165, 1.54) is 11.3 Å². The molecular formula is C19H23F3N4O3S2. The van der Waals surface area contributed by atoms with Crippen LogP contribution in [0.1, 0.15) is 37.3 Å². The van der Waals surface area contributed by atoms with Crippen LogP contribution in [0, 0.1) is 11.8 Å². The molecule has 1 aromatic heterocycles. The number of carbonyl (C=O) groups is 1. The van der Waals surface area contributed by atoms with Gasteiger partial charge in [-0.05, 0) is 37.0 Å². The van der Waals surface area contributed by atoms with Gasteiger partial charge in [0.05, 0.1) is 10.5 Å². The quantitative estimate of drug-likeness (QED) is 0.685. The van der Waals surface area contributed by atoms with E-state index in [0.29, 0.717) is 17.1 Å². The number of hydrogen-bond acceptors (Lipinski definition) is 6. The van der Waals surface area contributed by atoms with Crippen LogP contribution < -0.4 is 5.32 Å². The normalized spacial score (nSPS) is 16.6. The minimum absolute atomic E-state index is 0.0470. The summed E-state index contributed by atoms with van der Waals surface area (Å²) in [7, 11) is -4.08. The Morgan fingerprint density at radius 1 is 1.26 bits per heavy atom. The van der Waals surface area contributed by atoms with Gasteiger partial charge in [0, 0.05) is 25.4 Å². The lowest BCUT2D eigenvalue weighted by atomic mass is 9.97. The molecule has 0 radical (unpaired) electrons. The molecule has 0 unspecified atom stereocenters. The summed E-state index contributed by atoms with van der Waals surface area (Å²) in [4.78, 5) is 12.1. The van der Waals surface area contributed by atoms with E-state index in [-0.39, 0.29) is 31.8 Å². The highest BCUT2D eigenvalue weighted by atomic mass is 32.2. The van der Waals surface area contributed by atoms with E-state index in [9.17, 15) is 26.4 Å². The minimum Gasteiger partial charge on any atom is -0.300 e. The molecule has 7 nitrogen and oxygen atoms in total. The lowest BCUT2D eigenvalue weighted by Gasteiger charge is -2.30. The van der Waals surface area contributed by atoms with Crippen LogP contribution >= 0.6 is 11.3 Å². The van der Waals surface area contributed by atoms with Crippen molar-refractivity contribution in [1.29, 1.82) is 0 Å². The van der Waals surface area contributed by atoms with Crippen molar-refractivity contribution in [3.05, 3.63) is 34.8 Å². The van der Waals surface area contributed by atoms with Crippen molar-refractivity contribution in [1.82, 2.24) is 14.5 Å². The van der Waals surface area contributed by atoms with Crippen LogP contribution in [0.4, 0.5) is 18.3 Å².